The Morgan fingerprint density at radius 1 is 0.816 bits per heavy atom. The normalized spacial score (nSPS) is 11.8. The second kappa shape index (κ2) is 15.5. The minimum atomic E-state index is -0.569. The Morgan fingerprint density at radius 3 is 2.20 bits per heavy atom. The zero-order chi connectivity index (χ0) is 34.2. The van der Waals surface area contributed by atoms with Crippen LogP contribution in [0.4, 0.5) is 10.8 Å². The molecule has 0 saturated heterocycles. The van der Waals surface area contributed by atoms with Crippen molar-refractivity contribution >= 4 is 67.9 Å². The zero-order valence-electron chi connectivity index (χ0n) is 26.7. The summed E-state index contributed by atoms with van der Waals surface area (Å²) in [7, 11) is 1.61. The number of amides is 3. The molecule has 6 rings (SSSR count). The van der Waals surface area contributed by atoms with E-state index in [4.69, 9.17) is 4.74 Å². The third kappa shape index (κ3) is 8.61. The van der Waals surface area contributed by atoms with E-state index in [1.807, 2.05) is 97.9 Å². The molecule has 10 heteroatoms. The average molecular weight is 685 g/mol. The molecule has 0 spiro atoms. The van der Waals surface area contributed by atoms with Crippen LogP contribution in [0.15, 0.2) is 138 Å². The number of fused-ring (bicyclic) bond motifs is 1. The van der Waals surface area contributed by atoms with E-state index in [9.17, 15) is 14.4 Å². The van der Waals surface area contributed by atoms with E-state index < -0.39 is 17.1 Å². The molecule has 0 aliphatic rings. The van der Waals surface area contributed by atoms with Gasteiger partial charge in [0.05, 0.1) is 17.3 Å². The Balaban J connectivity index is 1.18. The number of rotatable bonds is 11. The molecular formula is C39H32N4O4S2. The quantitative estimate of drug-likeness (QED) is 0.0933. The van der Waals surface area contributed by atoms with E-state index in [-0.39, 0.29) is 11.6 Å². The van der Waals surface area contributed by atoms with Gasteiger partial charge in [0.2, 0.25) is 5.91 Å². The highest BCUT2D eigenvalue weighted by Crippen LogP contribution is 2.38. The molecule has 49 heavy (non-hydrogen) atoms. The number of carbonyl (C=O) groups excluding carboxylic acids is 3. The molecule has 1 unspecified atom stereocenters. The summed E-state index contributed by atoms with van der Waals surface area (Å²) in [6.07, 6.45) is 1.64. The van der Waals surface area contributed by atoms with Gasteiger partial charge in [0.15, 0.2) is 5.13 Å². The molecule has 6 aromatic rings. The molecule has 0 aliphatic carbocycles. The van der Waals surface area contributed by atoms with Crippen molar-refractivity contribution in [3.63, 3.8) is 0 Å². The van der Waals surface area contributed by atoms with Crippen LogP contribution in [0.25, 0.3) is 16.3 Å². The molecule has 0 bridgehead atoms. The van der Waals surface area contributed by atoms with Crippen molar-refractivity contribution in [1.82, 2.24) is 10.3 Å². The third-order valence-electron chi connectivity index (χ3n) is 7.45. The molecule has 8 nitrogen and oxygen atoms in total. The summed E-state index contributed by atoms with van der Waals surface area (Å²) in [5.41, 5.74) is 4.54. The monoisotopic (exact) mass is 684 g/mol. The Labute approximate surface area is 292 Å². The summed E-state index contributed by atoms with van der Waals surface area (Å²) >= 11 is 2.77. The molecule has 1 atom stereocenters. The molecule has 0 radical (unpaired) electrons. The van der Waals surface area contributed by atoms with Gasteiger partial charge in [-0.25, -0.2) is 4.98 Å². The van der Waals surface area contributed by atoms with Crippen molar-refractivity contribution in [1.29, 1.82) is 0 Å². The lowest BCUT2D eigenvalue weighted by Crippen LogP contribution is -2.30. The first-order valence-electron chi connectivity index (χ1n) is 15.4. The largest absolute Gasteiger partial charge is 0.497 e. The maximum Gasteiger partial charge on any atom is 0.272 e. The first-order valence-corrected chi connectivity index (χ1v) is 17.1. The molecule has 3 amide bonds. The topological polar surface area (TPSA) is 109 Å². The fraction of sp³-hybridized carbons (Fsp3) is 0.0769. The van der Waals surface area contributed by atoms with Gasteiger partial charge < -0.3 is 20.7 Å². The number of thiazole rings is 1. The molecule has 244 valence electrons. The van der Waals surface area contributed by atoms with Crippen LogP contribution in [0.1, 0.15) is 32.3 Å². The first kappa shape index (κ1) is 33.2. The van der Waals surface area contributed by atoms with Crippen molar-refractivity contribution in [2.24, 2.45) is 0 Å². The Morgan fingerprint density at radius 2 is 1.51 bits per heavy atom. The fourth-order valence-corrected chi connectivity index (χ4v) is 6.80. The minimum absolute atomic E-state index is 0.102. The SMILES string of the molecule is COc1ccc2nc(NC(=O)C(Sc3ccc(NC(=O)/C(=C/c4ccc(C)cc4)NC(=O)c4ccccc4)cc3)c3ccccc3)sc2c1. The molecule has 0 saturated carbocycles. The predicted octanol–water partition coefficient (Wildman–Crippen LogP) is 8.50. The molecule has 5 aromatic carbocycles. The van der Waals surface area contributed by atoms with Gasteiger partial charge in [-0.15, -0.1) is 11.8 Å². The maximum absolute atomic E-state index is 13.7. The van der Waals surface area contributed by atoms with Crippen molar-refractivity contribution in [2.75, 3.05) is 17.7 Å². The van der Waals surface area contributed by atoms with Gasteiger partial charge in [-0.3, -0.25) is 14.4 Å². The number of thioether (sulfide) groups is 1. The Bertz CT molecular complexity index is 2110. The lowest BCUT2D eigenvalue weighted by Gasteiger charge is -2.16. The maximum atomic E-state index is 13.7. The van der Waals surface area contributed by atoms with Crippen LogP contribution < -0.4 is 20.7 Å². The van der Waals surface area contributed by atoms with Crippen LogP contribution in [0, 0.1) is 6.92 Å². The standard InChI is InChI=1S/C39H32N4O4S2/c1-25-13-15-26(16-14-25)23-33(41-36(44)28-11-7-4-8-12-28)37(45)40-29-17-20-31(21-18-29)48-35(27-9-5-3-6-10-27)38(46)43-39-42-32-22-19-30(47-2)24-34(32)49-39/h3-24,35H,1-2H3,(H,40,45)(H,41,44)(H,42,43,46)/b33-23-. The third-order valence-corrected chi connectivity index (χ3v) is 9.65. The van der Waals surface area contributed by atoms with Crippen molar-refractivity contribution in [3.05, 3.63) is 155 Å². The van der Waals surface area contributed by atoms with E-state index in [1.165, 1.54) is 23.1 Å². The van der Waals surface area contributed by atoms with Crippen LogP contribution in [-0.4, -0.2) is 29.8 Å². The number of nitrogens with zero attached hydrogens (tertiary/aromatic N) is 1. The van der Waals surface area contributed by atoms with Crippen molar-refractivity contribution < 1.29 is 19.1 Å². The average Bonchev–Trinajstić information content (AvgIpc) is 3.53. The van der Waals surface area contributed by atoms with Crippen LogP contribution in [0.3, 0.4) is 0 Å². The van der Waals surface area contributed by atoms with E-state index >= 15 is 0 Å². The number of carbonyl (C=O) groups is 3. The lowest BCUT2D eigenvalue weighted by atomic mass is 10.1. The summed E-state index contributed by atoms with van der Waals surface area (Å²) in [4.78, 5) is 45.6. The van der Waals surface area contributed by atoms with Crippen LogP contribution in [0.5, 0.6) is 5.75 Å². The first-order chi connectivity index (χ1) is 23.8. The van der Waals surface area contributed by atoms with Crippen LogP contribution in [-0.2, 0) is 9.59 Å². The van der Waals surface area contributed by atoms with Crippen LogP contribution >= 0.6 is 23.1 Å². The summed E-state index contributed by atoms with van der Waals surface area (Å²) in [6.45, 7) is 1.98. The summed E-state index contributed by atoms with van der Waals surface area (Å²) < 4.78 is 6.23. The summed E-state index contributed by atoms with van der Waals surface area (Å²) in [5.74, 6) is -0.349. The number of aromatic nitrogens is 1. The second-order valence-electron chi connectivity index (χ2n) is 11.0. The highest BCUT2D eigenvalue weighted by Gasteiger charge is 2.24. The number of ether oxygens (including phenoxy) is 1. The lowest BCUT2D eigenvalue weighted by molar-refractivity contribution is -0.116. The molecule has 1 aromatic heterocycles. The van der Waals surface area contributed by atoms with E-state index in [2.05, 4.69) is 20.9 Å². The van der Waals surface area contributed by atoms with Crippen molar-refractivity contribution in [3.8, 4) is 5.75 Å². The fourth-order valence-electron chi connectivity index (χ4n) is 4.88. The van der Waals surface area contributed by atoms with Gasteiger partial charge in [0.25, 0.3) is 11.8 Å². The molecule has 0 fully saturated rings. The second-order valence-corrected chi connectivity index (χ2v) is 13.2. The number of anilines is 2. The highest BCUT2D eigenvalue weighted by atomic mass is 32.2. The van der Waals surface area contributed by atoms with Gasteiger partial charge in [0.1, 0.15) is 16.7 Å². The van der Waals surface area contributed by atoms with Gasteiger partial charge in [-0.1, -0.05) is 89.7 Å². The highest BCUT2D eigenvalue weighted by molar-refractivity contribution is 8.00. The van der Waals surface area contributed by atoms with Crippen molar-refractivity contribution in [2.45, 2.75) is 17.1 Å². The van der Waals surface area contributed by atoms with E-state index in [0.717, 1.165) is 37.6 Å². The number of benzene rings is 5. The number of nitrogens with one attached hydrogen (secondary N) is 3. The summed E-state index contributed by atoms with van der Waals surface area (Å²) in [5, 5.41) is 8.59. The Hall–Kier alpha value is -5.71. The number of methoxy groups -OCH3 is 1. The van der Waals surface area contributed by atoms with E-state index in [0.29, 0.717) is 16.4 Å². The molecule has 3 N–H and O–H groups in total. The molecule has 1 heterocycles. The van der Waals surface area contributed by atoms with Gasteiger partial charge in [-0.05, 0) is 78.7 Å². The van der Waals surface area contributed by atoms with Gasteiger partial charge in [-0.2, -0.15) is 0 Å². The van der Waals surface area contributed by atoms with Crippen LogP contribution in [0.2, 0.25) is 0 Å². The van der Waals surface area contributed by atoms with Gasteiger partial charge in [0, 0.05) is 16.1 Å². The molecular weight excluding hydrogens is 653 g/mol. The number of hydrogen-bond donors (Lipinski definition) is 3. The zero-order valence-corrected chi connectivity index (χ0v) is 28.3. The smallest absolute Gasteiger partial charge is 0.272 e. The predicted molar refractivity (Wildman–Crippen MR) is 198 cm³/mol. The number of hydrogen-bond acceptors (Lipinski definition) is 7. The molecule has 0 aliphatic heterocycles. The number of aryl methyl sites for hydroxylation is 1. The van der Waals surface area contributed by atoms with E-state index in [1.54, 1.807) is 49.6 Å². The Kier molecular flexibility index (Phi) is 10.5. The summed E-state index contributed by atoms with van der Waals surface area (Å²) in [6, 6.07) is 38.7. The minimum Gasteiger partial charge on any atom is -0.497 e. The van der Waals surface area contributed by atoms with Gasteiger partial charge >= 0.3 is 0 Å².